The van der Waals surface area contributed by atoms with Gasteiger partial charge in [-0.15, -0.1) is 0 Å². The van der Waals surface area contributed by atoms with Crippen LogP contribution in [0.25, 0.3) is 6.08 Å². The molecule has 0 aliphatic carbocycles. The van der Waals surface area contributed by atoms with Crippen LogP contribution in [-0.4, -0.2) is 16.1 Å². The van der Waals surface area contributed by atoms with Gasteiger partial charge in [-0.1, -0.05) is 19.2 Å². The van der Waals surface area contributed by atoms with Crippen molar-refractivity contribution in [3.05, 3.63) is 48.3 Å². The van der Waals surface area contributed by atoms with E-state index in [9.17, 15) is 4.79 Å². The third kappa shape index (κ3) is 2.55. The molecule has 1 aromatic heterocycles. The van der Waals surface area contributed by atoms with Gasteiger partial charge < -0.3 is 5.11 Å². The third-order valence-corrected chi connectivity index (χ3v) is 1.77. The minimum atomic E-state index is -0.990. The van der Waals surface area contributed by atoms with Gasteiger partial charge in [0.05, 0.1) is 0 Å². The Morgan fingerprint density at radius 3 is 2.93 bits per heavy atom. The van der Waals surface area contributed by atoms with E-state index in [1.165, 1.54) is 0 Å². The molecular formula is C11H11NO2. The summed E-state index contributed by atoms with van der Waals surface area (Å²) in [5.41, 5.74) is 1.75. The molecule has 1 heterocycles. The minimum absolute atomic E-state index is 0.138. The van der Waals surface area contributed by atoms with Crippen LogP contribution in [-0.2, 0) is 11.2 Å². The van der Waals surface area contributed by atoms with Crippen molar-refractivity contribution in [3.8, 4) is 0 Å². The van der Waals surface area contributed by atoms with Gasteiger partial charge in [0.15, 0.2) is 0 Å². The van der Waals surface area contributed by atoms with Crippen LogP contribution in [0.1, 0.15) is 11.3 Å². The maximum absolute atomic E-state index is 10.5. The Kier molecular flexibility index (Phi) is 3.18. The predicted octanol–water partition coefficient (Wildman–Crippen LogP) is 1.91. The monoisotopic (exact) mass is 189 g/mol. The van der Waals surface area contributed by atoms with Crippen molar-refractivity contribution in [2.24, 2.45) is 0 Å². The molecule has 0 aliphatic heterocycles. The number of nitrogens with zero attached hydrogens (tertiary/aromatic N) is 1. The Morgan fingerprint density at radius 1 is 1.64 bits per heavy atom. The number of carbonyl (C=O) groups is 1. The van der Waals surface area contributed by atoms with Gasteiger partial charge in [-0.25, -0.2) is 4.79 Å². The second-order valence-corrected chi connectivity index (χ2v) is 2.87. The maximum Gasteiger partial charge on any atom is 0.331 e. The summed E-state index contributed by atoms with van der Waals surface area (Å²) < 4.78 is 0. The zero-order valence-electron chi connectivity index (χ0n) is 7.73. The average molecular weight is 189 g/mol. The second-order valence-electron chi connectivity index (χ2n) is 2.87. The summed E-state index contributed by atoms with van der Waals surface area (Å²) >= 11 is 0. The molecule has 3 nitrogen and oxygen atoms in total. The molecular weight excluding hydrogens is 178 g/mol. The molecule has 0 saturated heterocycles. The molecule has 14 heavy (non-hydrogen) atoms. The highest BCUT2D eigenvalue weighted by molar-refractivity contribution is 5.86. The van der Waals surface area contributed by atoms with Crippen LogP contribution >= 0.6 is 0 Å². The van der Waals surface area contributed by atoms with Crippen molar-refractivity contribution in [2.45, 2.75) is 6.42 Å². The quantitative estimate of drug-likeness (QED) is 0.736. The fourth-order valence-electron chi connectivity index (χ4n) is 1.01. The molecule has 0 saturated carbocycles. The second kappa shape index (κ2) is 4.37. The van der Waals surface area contributed by atoms with E-state index in [-0.39, 0.29) is 12.0 Å². The van der Waals surface area contributed by atoms with Crippen molar-refractivity contribution >= 4 is 12.0 Å². The highest BCUT2D eigenvalue weighted by Crippen LogP contribution is 2.07. The van der Waals surface area contributed by atoms with Gasteiger partial charge in [0, 0.05) is 23.9 Å². The van der Waals surface area contributed by atoms with E-state index in [0.29, 0.717) is 5.69 Å². The first-order valence-corrected chi connectivity index (χ1v) is 4.12. The number of carboxylic acids is 1. The lowest BCUT2D eigenvalue weighted by molar-refractivity contribution is -0.132. The molecule has 0 amide bonds. The summed E-state index contributed by atoms with van der Waals surface area (Å²) in [6.45, 7) is 7.06. The fourth-order valence-corrected chi connectivity index (χ4v) is 1.01. The van der Waals surface area contributed by atoms with Gasteiger partial charge in [0.1, 0.15) is 0 Å². The first-order valence-electron chi connectivity index (χ1n) is 4.12. The first kappa shape index (κ1) is 10.2. The number of hydrogen-bond donors (Lipinski definition) is 1. The molecule has 0 atom stereocenters. The predicted molar refractivity (Wildman–Crippen MR) is 54.8 cm³/mol. The third-order valence-electron chi connectivity index (χ3n) is 1.77. The molecule has 3 heteroatoms. The minimum Gasteiger partial charge on any atom is -0.478 e. The summed E-state index contributed by atoms with van der Waals surface area (Å²) in [7, 11) is 0. The van der Waals surface area contributed by atoms with Crippen molar-refractivity contribution in [3.63, 3.8) is 0 Å². The van der Waals surface area contributed by atoms with Gasteiger partial charge >= 0.3 is 5.97 Å². The average Bonchev–Trinajstić information content (AvgIpc) is 2.18. The van der Waals surface area contributed by atoms with E-state index < -0.39 is 5.97 Å². The molecule has 1 rings (SSSR count). The van der Waals surface area contributed by atoms with E-state index in [4.69, 9.17) is 5.11 Å². The molecule has 0 aromatic carbocycles. The Balaban J connectivity index is 2.81. The number of aliphatic carboxylic acids is 1. The van der Waals surface area contributed by atoms with E-state index in [2.05, 4.69) is 18.1 Å². The molecule has 0 aliphatic rings. The van der Waals surface area contributed by atoms with Crippen LogP contribution in [0.3, 0.4) is 0 Å². The number of hydrogen-bond acceptors (Lipinski definition) is 2. The zero-order valence-corrected chi connectivity index (χ0v) is 7.73. The highest BCUT2D eigenvalue weighted by Gasteiger charge is 2.05. The van der Waals surface area contributed by atoms with Crippen molar-refractivity contribution in [2.75, 3.05) is 0 Å². The lowest BCUT2D eigenvalue weighted by Gasteiger charge is -2.01. The highest BCUT2D eigenvalue weighted by atomic mass is 16.4. The van der Waals surface area contributed by atoms with E-state index in [1.807, 2.05) is 0 Å². The Bertz CT molecular complexity index is 383. The van der Waals surface area contributed by atoms with Crippen LogP contribution in [0.4, 0.5) is 0 Å². The molecule has 0 fully saturated rings. The van der Waals surface area contributed by atoms with E-state index in [0.717, 1.165) is 5.56 Å². The summed E-state index contributed by atoms with van der Waals surface area (Å²) in [5, 5.41) is 8.62. The number of aromatic nitrogens is 1. The molecule has 0 unspecified atom stereocenters. The van der Waals surface area contributed by atoms with Gasteiger partial charge in [-0.3, -0.25) is 4.98 Å². The van der Waals surface area contributed by atoms with Gasteiger partial charge in [-0.2, -0.15) is 0 Å². The zero-order chi connectivity index (χ0) is 10.6. The lowest BCUT2D eigenvalue weighted by Crippen LogP contribution is -2.03. The maximum atomic E-state index is 10.5. The molecule has 1 aromatic rings. The summed E-state index contributed by atoms with van der Waals surface area (Å²) in [6.07, 6.45) is 3.58. The number of pyridine rings is 1. The standard InChI is InChI=1S/C11H11NO2/c1-3-9-4-5-12-10(7-9)6-8(2)11(13)14/h3-5,7H,1-2,6H2,(H,13,14). The smallest absolute Gasteiger partial charge is 0.331 e. The van der Waals surface area contributed by atoms with Crippen molar-refractivity contribution < 1.29 is 9.90 Å². The van der Waals surface area contributed by atoms with Crippen LogP contribution < -0.4 is 0 Å². The largest absolute Gasteiger partial charge is 0.478 e. The Labute approximate surface area is 82.4 Å². The molecule has 1 N–H and O–H groups in total. The van der Waals surface area contributed by atoms with Gasteiger partial charge in [0.25, 0.3) is 0 Å². The van der Waals surface area contributed by atoms with Gasteiger partial charge in [-0.05, 0) is 17.7 Å². The number of carboxylic acid groups (broad SMARTS) is 1. The van der Waals surface area contributed by atoms with Crippen molar-refractivity contribution in [1.29, 1.82) is 0 Å². The first-order chi connectivity index (χ1) is 6.63. The molecule has 72 valence electrons. The molecule has 0 bridgehead atoms. The summed E-state index contributed by atoms with van der Waals surface area (Å²) in [6, 6.07) is 3.60. The van der Waals surface area contributed by atoms with Crippen LogP contribution in [0.15, 0.2) is 37.1 Å². The number of rotatable bonds is 4. The normalized spacial score (nSPS) is 9.43. The summed E-state index contributed by atoms with van der Waals surface area (Å²) in [4.78, 5) is 14.5. The van der Waals surface area contributed by atoms with Crippen molar-refractivity contribution in [1.82, 2.24) is 4.98 Å². The Hall–Kier alpha value is -1.90. The van der Waals surface area contributed by atoms with Crippen LogP contribution in [0.2, 0.25) is 0 Å². The van der Waals surface area contributed by atoms with Gasteiger partial charge in [0.2, 0.25) is 0 Å². The van der Waals surface area contributed by atoms with Crippen LogP contribution in [0.5, 0.6) is 0 Å². The lowest BCUT2D eigenvalue weighted by atomic mass is 10.1. The molecule has 0 radical (unpaired) electrons. The van der Waals surface area contributed by atoms with E-state index >= 15 is 0 Å². The topological polar surface area (TPSA) is 50.2 Å². The van der Waals surface area contributed by atoms with E-state index in [1.54, 1.807) is 24.4 Å². The van der Waals surface area contributed by atoms with Crippen LogP contribution in [0, 0.1) is 0 Å². The fraction of sp³-hybridized carbons (Fsp3) is 0.0909. The Morgan fingerprint density at radius 2 is 2.36 bits per heavy atom. The SMILES string of the molecule is C=Cc1ccnc(CC(=C)C(=O)O)c1. The molecule has 0 spiro atoms. The summed E-state index contributed by atoms with van der Waals surface area (Å²) in [5.74, 6) is -0.990.